The molecule has 12 heavy (non-hydrogen) atoms. The van der Waals surface area contributed by atoms with E-state index in [9.17, 15) is 4.79 Å². The minimum atomic E-state index is -0.0321. The van der Waals surface area contributed by atoms with Crippen LogP contribution < -0.4 is 5.84 Å². The van der Waals surface area contributed by atoms with Gasteiger partial charge in [0.1, 0.15) is 0 Å². The number of thioether (sulfide) groups is 1. The molecular formula is C7H15N3OS. The lowest BCUT2D eigenvalue weighted by atomic mass is 10.3. The fraction of sp³-hybridized carbons (Fsp3) is 0.857. The molecule has 1 aliphatic heterocycles. The molecule has 0 radical (unpaired) electrons. The number of hydrogen-bond acceptors (Lipinski definition) is 3. The van der Waals surface area contributed by atoms with E-state index < -0.39 is 0 Å². The number of hydrazine groups is 1. The SMILES string of the molecule is CSCCN1CCCN(N)C1=O. The predicted octanol–water partition coefficient (Wildman–Crippen LogP) is 0.351. The van der Waals surface area contributed by atoms with Crippen LogP contribution in [0.3, 0.4) is 0 Å². The van der Waals surface area contributed by atoms with Gasteiger partial charge in [0.2, 0.25) is 0 Å². The zero-order chi connectivity index (χ0) is 8.97. The van der Waals surface area contributed by atoms with Crippen LogP contribution in [0.15, 0.2) is 0 Å². The van der Waals surface area contributed by atoms with Crippen LogP contribution in [0.2, 0.25) is 0 Å². The Balaban J connectivity index is 2.36. The first-order chi connectivity index (χ1) is 5.75. The first-order valence-corrected chi connectivity index (χ1v) is 5.45. The van der Waals surface area contributed by atoms with Crippen molar-refractivity contribution in [1.82, 2.24) is 9.91 Å². The monoisotopic (exact) mass is 189 g/mol. The Labute approximate surface area is 77.0 Å². The van der Waals surface area contributed by atoms with Crippen LogP contribution in [-0.2, 0) is 0 Å². The van der Waals surface area contributed by atoms with Gasteiger partial charge in [0.25, 0.3) is 0 Å². The summed E-state index contributed by atoms with van der Waals surface area (Å²) < 4.78 is 0. The Morgan fingerprint density at radius 2 is 2.33 bits per heavy atom. The standard InChI is InChI=1S/C7H15N3OS/c1-12-6-5-9-3-2-4-10(8)7(9)11/h2-6,8H2,1H3. The quantitative estimate of drug-likeness (QED) is 0.515. The van der Waals surface area contributed by atoms with Gasteiger partial charge < -0.3 is 4.90 Å². The van der Waals surface area contributed by atoms with Crippen molar-refractivity contribution in [2.45, 2.75) is 6.42 Å². The van der Waals surface area contributed by atoms with Crippen molar-refractivity contribution in [3.05, 3.63) is 0 Å². The number of urea groups is 1. The molecule has 0 spiro atoms. The molecule has 4 nitrogen and oxygen atoms in total. The van der Waals surface area contributed by atoms with Crippen molar-refractivity contribution in [2.75, 3.05) is 31.6 Å². The highest BCUT2D eigenvalue weighted by Gasteiger charge is 2.22. The second kappa shape index (κ2) is 4.57. The third-order valence-electron chi connectivity index (χ3n) is 1.91. The maximum atomic E-state index is 11.3. The largest absolute Gasteiger partial charge is 0.334 e. The van der Waals surface area contributed by atoms with Crippen LogP contribution in [-0.4, -0.2) is 47.6 Å². The maximum absolute atomic E-state index is 11.3. The maximum Gasteiger partial charge on any atom is 0.334 e. The third kappa shape index (κ3) is 2.28. The molecule has 0 unspecified atom stereocenters. The molecule has 2 N–H and O–H groups in total. The molecule has 0 aromatic rings. The van der Waals surface area contributed by atoms with Gasteiger partial charge in [-0.2, -0.15) is 11.8 Å². The molecule has 1 saturated heterocycles. The van der Waals surface area contributed by atoms with Gasteiger partial charge in [0, 0.05) is 25.4 Å². The smallest absolute Gasteiger partial charge is 0.323 e. The molecule has 0 saturated carbocycles. The van der Waals surface area contributed by atoms with Gasteiger partial charge in [-0.05, 0) is 12.7 Å². The van der Waals surface area contributed by atoms with Gasteiger partial charge in [-0.1, -0.05) is 0 Å². The van der Waals surface area contributed by atoms with E-state index in [-0.39, 0.29) is 6.03 Å². The van der Waals surface area contributed by atoms with Crippen molar-refractivity contribution in [1.29, 1.82) is 0 Å². The van der Waals surface area contributed by atoms with Gasteiger partial charge in [0.05, 0.1) is 0 Å². The molecule has 1 heterocycles. The fourth-order valence-electron chi connectivity index (χ4n) is 1.21. The summed E-state index contributed by atoms with van der Waals surface area (Å²) in [6.45, 7) is 2.36. The topological polar surface area (TPSA) is 49.6 Å². The molecular weight excluding hydrogens is 174 g/mol. The van der Waals surface area contributed by atoms with Gasteiger partial charge >= 0.3 is 6.03 Å². The number of amides is 2. The molecule has 0 aromatic heterocycles. The highest BCUT2D eigenvalue weighted by molar-refractivity contribution is 7.98. The summed E-state index contributed by atoms with van der Waals surface area (Å²) in [5, 5.41) is 1.30. The summed E-state index contributed by atoms with van der Waals surface area (Å²) in [6, 6.07) is -0.0321. The molecule has 1 fully saturated rings. The van der Waals surface area contributed by atoms with Crippen LogP contribution in [0.25, 0.3) is 0 Å². The zero-order valence-corrected chi connectivity index (χ0v) is 8.14. The number of hydrogen-bond donors (Lipinski definition) is 1. The Bertz CT molecular complexity index is 165. The summed E-state index contributed by atoms with van der Waals surface area (Å²) in [5.74, 6) is 6.46. The summed E-state index contributed by atoms with van der Waals surface area (Å²) in [4.78, 5) is 13.2. The van der Waals surface area contributed by atoms with E-state index in [0.717, 1.165) is 25.3 Å². The normalized spacial score (nSPS) is 18.7. The number of carbonyl (C=O) groups is 1. The highest BCUT2D eigenvalue weighted by Crippen LogP contribution is 2.06. The van der Waals surface area contributed by atoms with E-state index in [1.165, 1.54) is 5.01 Å². The molecule has 1 aliphatic rings. The Morgan fingerprint density at radius 1 is 1.58 bits per heavy atom. The second-order valence-electron chi connectivity index (χ2n) is 2.81. The summed E-state index contributed by atoms with van der Waals surface area (Å²) in [7, 11) is 0. The number of carbonyl (C=O) groups excluding carboxylic acids is 1. The molecule has 0 bridgehead atoms. The van der Waals surface area contributed by atoms with Gasteiger partial charge in [-0.25, -0.2) is 10.6 Å². The van der Waals surface area contributed by atoms with Crippen molar-refractivity contribution in [3.63, 3.8) is 0 Å². The number of nitrogens with zero attached hydrogens (tertiary/aromatic N) is 2. The van der Waals surface area contributed by atoms with Crippen molar-refractivity contribution >= 4 is 17.8 Å². The molecule has 0 aliphatic carbocycles. The first kappa shape index (κ1) is 9.67. The lowest BCUT2D eigenvalue weighted by Crippen LogP contribution is -2.52. The zero-order valence-electron chi connectivity index (χ0n) is 7.32. The van der Waals surface area contributed by atoms with Gasteiger partial charge in [0.15, 0.2) is 0 Å². The lowest BCUT2D eigenvalue weighted by molar-refractivity contribution is 0.133. The van der Waals surface area contributed by atoms with Crippen LogP contribution in [0.1, 0.15) is 6.42 Å². The van der Waals surface area contributed by atoms with Crippen LogP contribution in [0.4, 0.5) is 4.79 Å². The van der Waals surface area contributed by atoms with Crippen LogP contribution in [0, 0.1) is 0 Å². The van der Waals surface area contributed by atoms with E-state index in [1.54, 1.807) is 16.7 Å². The molecule has 5 heteroatoms. The predicted molar refractivity (Wildman–Crippen MR) is 50.9 cm³/mol. The van der Waals surface area contributed by atoms with Crippen molar-refractivity contribution in [3.8, 4) is 0 Å². The molecule has 2 amide bonds. The summed E-state index contributed by atoms with van der Waals surface area (Å²) in [6.07, 6.45) is 3.02. The third-order valence-corrected chi connectivity index (χ3v) is 2.50. The van der Waals surface area contributed by atoms with Gasteiger partial charge in [-0.15, -0.1) is 0 Å². The van der Waals surface area contributed by atoms with Crippen molar-refractivity contribution in [2.24, 2.45) is 5.84 Å². The molecule has 0 aromatic carbocycles. The van der Waals surface area contributed by atoms with Crippen molar-refractivity contribution < 1.29 is 4.79 Å². The Kier molecular flexibility index (Phi) is 3.68. The Morgan fingerprint density at radius 3 is 3.00 bits per heavy atom. The van der Waals surface area contributed by atoms with E-state index in [0.29, 0.717) is 6.54 Å². The van der Waals surface area contributed by atoms with Gasteiger partial charge in [-0.3, -0.25) is 5.01 Å². The van der Waals surface area contributed by atoms with E-state index in [1.807, 2.05) is 6.26 Å². The second-order valence-corrected chi connectivity index (χ2v) is 3.79. The molecule has 0 atom stereocenters. The average molecular weight is 189 g/mol. The van der Waals surface area contributed by atoms with Crippen LogP contribution in [0.5, 0.6) is 0 Å². The van der Waals surface area contributed by atoms with E-state index in [4.69, 9.17) is 5.84 Å². The van der Waals surface area contributed by atoms with Crippen LogP contribution >= 0.6 is 11.8 Å². The first-order valence-electron chi connectivity index (χ1n) is 4.06. The van der Waals surface area contributed by atoms with E-state index >= 15 is 0 Å². The number of nitrogens with two attached hydrogens (primary N) is 1. The number of rotatable bonds is 3. The average Bonchev–Trinajstić information content (AvgIpc) is 2.08. The lowest BCUT2D eigenvalue weighted by Gasteiger charge is -2.32. The highest BCUT2D eigenvalue weighted by atomic mass is 32.2. The van der Waals surface area contributed by atoms with E-state index in [2.05, 4.69) is 0 Å². The summed E-state index contributed by atoms with van der Waals surface area (Å²) in [5.41, 5.74) is 0. The minimum Gasteiger partial charge on any atom is -0.323 e. The minimum absolute atomic E-state index is 0.0321. The Hall–Kier alpha value is -0.420. The summed E-state index contributed by atoms with van der Waals surface area (Å²) >= 11 is 1.75. The molecule has 70 valence electrons. The molecule has 1 rings (SSSR count). The fourth-order valence-corrected chi connectivity index (χ4v) is 1.62.